The number of hydrogen-bond acceptors (Lipinski definition) is 4. The lowest BCUT2D eigenvalue weighted by Gasteiger charge is -2.13. The Morgan fingerprint density at radius 2 is 1.89 bits per heavy atom. The van der Waals surface area contributed by atoms with Crippen LogP contribution in [0.2, 0.25) is 0 Å². The average molecular weight is 359 g/mol. The Bertz CT molecular complexity index is 878. The highest BCUT2D eigenvalue weighted by atomic mass is 16.5. The molecule has 2 N–H and O–H groups in total. The summed E-state index contributed by atoms with van der Waals surface area (Å²) in [6.45, 7) is 3.52. The second-order valence-electron chi connectivity index (χ2n) is 6.36. The minimum Gasteiger partial charge on any atom is -0.489 e. The van der Waals surface area contributed by atoms with Gasteiger partial charge in [0.25, 0.3) is 0 Å². The van der Waals surface area contributed by atoms with E-state index in [1.165, 1.54) is 0 Å². The number of unbranched alkanes of at least 4 members (excludes halogenated alkanes) is 1. The summed E-state index contributed by atoms with van der Waals surface area (Å²) in [7, 11) is 0. The van der Waals surface area contributed by atoms with Crippen LogP contribution in [-0.4, -0.2) is 17.2 Å². The summed E-state index contributed by atoms with van der Waals surface area (Å²) in [5.74, 6) is 1.51. The molecule has 0 bridgehead atoms. The van der Waals surface area contributed by atoms with Gasteiger partial charge in [0.2, 0.25) is 0 Å². The van der Waals surface area contributed by atoms with Crippen LogP contribution in [-0.2, 0) is 6.61 Å². The third-order valence-electron chi connectivity index (χ3n) is 4.27. The Morgan fingerprint density at radius 3 is 2.70 bits per heavy atom. The number of benzene rings is 2. The van der Waals surface area contributed by atoms with Crippen LogP contribution in [0, 0.1) is 5.41 Å². The molecule has 27 heavy (non-hydrogen) atoms. The van der Waals surface area contributed by atoms with Crippen molar-refractivity contribution in [2.45, 2.75) is 26.4 Å². The highest BCUT2D eigenvalue weighted by Gasteiger charge is 2.11. The van der Waals surface area contributed by atoms with Crippen molar-refractivity contribution in [2.75, 3.05) is 11.9 Å². The van der Waals surface area contributed by atoms with Gasteiger partial charge in [-0.15, -0.1) is 0 Å². The van der Waals surface area contributed by atoms with Gasteiger partial charge in [-0.2, -0.15) is 0 Å². The van der Waals surface area contributed by atoms with E-state index in [4.69, 9.17) is 10.1 Å². The predicted octanol–water partition coefficient (Wildman–Crippen LogP) is 5.29. The summed E-state index contributed by atoms with van der Waals surface area (Å²) in [5.41, 5.74) is 3.17. The summed E-state index contributed by atoms with van der Waals surface area (Å²) in [4.78, 5) is 4.41. The normalized spacial score (nSPS) is 10.4. The smallest absolute Gasteiger partial charge is 0.135 e. The summed E-state index contributed by atoms with van der Waals surface area (Å²) in [5, 5.41) is 12.0. The van der Waals surface area contributed by atoms with Crippen molar-refractivity contribution in [3.05, 3.63) is 89.6 Å². The minimum absolute atomic E-state index is 0.437. The van der Waals surface area contributed by atoms with E-state index in [1.54, 1.807) is 6.20 Å². The Kier molecular flexibility index (Phi) is 6.58. The molecule has 0 aliphatic rings. The van der Waals surface area contributed by atoms with E-state index in [0.717, 1.165) is 47.6 Å². The fraction of sp³-hybridized carbons (Fsp3) is 0.217. The second-order valence-corrected chi connectivity index (χ2v) is 6.36. The van der Waals surface area contributed by atoms with Gasteiger partial charge >= 0.3 is 0 Å². The molecular formula is C23H25N3O. The van der Waals surface area contributed by atoms with Gasteiger partial charge in [0.1, 0.15) is 18.2 Å². The molecule has 0 saturated carbocycles. The van der Waals surface area contributed by atoms with Crippen LogP contribution >= 0.6 is 0 Å². The van der Waals surface area contributed by atoms with Crippen LogP contribution in [0.5, 0.6) is 5.75 Å². The number of nitrogens with one attached hydrogen (secondary N) is 2. The van der Waals surface area contributed by atoms with Crippen molar-refractivity contribution in [1.82, 2.24) is 4.98 Å². The van der Waals surface area contributed by atoms with Crippen molar-refractivity contribution in [1.29, 1.82) is 5.41 Å². The Morgan fingerprint density at radius 1 is 1.04 bits per heavy atom. The molecule has 3 rings (SSSR count). The summed E-state index contributed by atoms with van der Waals surface area (Å²) >= 11 is 0. The lowest BCUT2D eigenvalue weighted by molar-refractivity contribution is 0.306. The molecule has 0 fully saturated rings. The maximum absolute atomic E-state index is 8.65. The van der Waals surface area contributed by atoms with Crippen LogP contribution in [0.25, 0.3) is 0 Å². The molecule has 0 atom stereocenters. The van der Waals surface area contributed by atoms with E-state index in [0.29, 0.717) is 12.3 Å². The molecular weight excluding hydrogens is 334 g/mol. The molecule has 4 heteroatoms. The highest BCUT2D eigenvalue weighted by molar-refractivity contribution is 6.13. The minimum atomic E-state index is 0.437. The van der Waals surface area contributed by atoms with Crippen LogP contribution in [0.1, 0.15) is 36.5 Å². The topological polar surface area (TPSA) is 58.0 Å². The summed E-state index contributed by atoms with van der Waals surface area (Å²) < 4.78 is 5.90. The van der Waals surface area contributed by atoms with E-state index >= 15 is 0 Å². The maximum atomic E-state index is 8.65. The van der Waals surface area contributed by atoms with Crippen molar-refractivity contribution in [3.63, 3.8) is 0 Å². The van der Waals surface area contributed by atoms with E-state index < -0.39 is 0 Å². The molecule has 0 aliphatic carbocycles. The number of nitrogens with zero attached hydrogens (tertiary/aromatic N) is 1. The zero-order valence-corrected chi connectivity index (χ0v) is 15.6. The third-order valence-corrected chi connectivity index (χ3v) is 4.27. The number of hydrogen-bond donors (Lipinski definition) is 2. The number of rotatable bonds is 9. The van der Waals surface area contributed by atoms with Gasteiger partial charge in [-0.25, -0.2) is 4.98 Å². The van der Waals surface area contributed by atoms with Crippen LogP contribution in [0.4, 0.5) is 5.82 Å². The van der Waals surface area contributed by atoms with Crippen molar-refractivity contribution >= 4 is 11.5 Å². The second kappa shape index (κ2) is 9.53. The summed E-state index contributed by atoms with van der Waals surface area (Å²) in [6.07, 6.45) is 3.95. The first-order valence-electron chi connectivity index (χ1n) is 9.33. The lowest BCUT2D eigenvalue weighted by atomic mass is 10.0. The van der Waals surface area contributed by atoms with Crippen LogP contribution < -0.4 is 10.1 Å². The molecule has 2 aromatic carbocycles. The van der Waals surface area contributed by atoms with E-state index in [9.17, 15) is 0 Å². The quantitative estimate of drug-likeness (QED) is 0.403. The first kappa shape index (κ1) is 18.6. The number of aromatic nitrogens is 1. The molecule has 0 amide bonds. The van der Waals surface area contributed by atoms with Gasteiger partial charge in [0, 0.05) is 23.9 Å². The first-order valence-corrected chi connectivity index (χ1v) is 9.33. The number of anilines is 1. The van der Waals surface area contributed by atoms with Crippen molar-refractivity contribution in [3.8, 4) is 5.75 Å². The fourth-order valence-electron chi connectivity index (χ4n) is 2.77. The molecule has 0 saturated heterocycles. The Balaban J connectivity index is 1.74. The number of ether oxygens (including phenoxy) is 1. The van der Waals surface area contributed by atoms with Gasteiger partial charge in [-0.3, -0.25) is 5.41 Å². The SMILES string of the molecule is CCCCNc1ncccc1C(=N)c1cccc(OCc2ccccc2)c1. The van der Waals surface area contributed by atoms with Gasteiger partial charge in [0.05, 0.1) is 5.71 Å². The first-order chi connectivity index (χ1) is 13.3. The molecule has 1 aromatic heterocycles. The maximum Gasteiger partial charge on any atom is 0.135 e. The standard InChI is InChI=1S/C23H25N3O/c1-2-3-14-25-23-21(13-8-15-26-23)22(24)19-11-7-12-20(16-19)27-17-18-9-5-4-6-10-18/h4-13,15-16,24H,2-3,14,17H2,1H3,(H,25,26). The predicted molar refractivity (Wildman–Crippen MR) is 111 cm³/mol. The molecule has 0 unspecified atom stereocenters. The van der Waals surface area contributed by atoms with Crippen molar-refractivity contribution < 1.29 is 4.74 Å². The Labute approximate surface area is 160 Å². The molecule has 138 valence electrons. The van der Waals surface area contributed by atoms with Crippen LogP contribution in [0.3, 0.4) is 0 Å². The molecule has 1 heterocycles. The molecule has 3 aromatic rings. The fourth-order valence-corrected chi connectivity index (χ4v) is 2.77. The van der Waals surface area contributed by atoms with Gasteiger partial charge in [0.15, 0.2) is 0 Å². The zero-order chi connectivity index (χ0) is 18.9. The lowest BCUT2D eigenvalue weighted by Crippen LogP contribution is -2.10. The van der Waals surface area contributed by atoms with E-state index in [-0.39, 0.29) is 0 Å². The van der Waals surface area contributed by atoms with Crippen LogP contribution in [0.15, 0.2) is 72.9 Å². The van der Waals surface area contributed by atoms with E-state index in [2.05, 4.69) is 17.2 Å². The molecule has 0 radical (unpaired) electrons. The third kappa shape index (κ3) is 5.17. The van der Waals surface area contributed by atoms with Gasteiger partial charge in [-0.1, -0.05) is 55.8 Å². The number of pyridine rings is 1. The van der Waals surface area contributed by atoms with Crippen molar-refractivity contribution in [2.24, 2.45) is 0 Å². The average Bonchev–Trinajstić information content (AvgIpc) is 2.73. The van der Waals surface area contributed by atoms with Gasteiger partial charge < -0.3 is 10.1 Å². The molecule has 0 spiro atoms. The zero-order valence-electron chi connectivity index (χ0n) is 15.6. The van der Waals surface area contributed by atoms with Gasteiger partial charge in [-0.05, 0) is 36.2 Å². The molecule has 4 nitrogen and oxygen atoms in total. The monoisotopic (exact) mass is 359 g/mol. The van der Waals surface area contributed by atoms with E-state index in [1.807, 2.05) is 66.7 Å². The Hall–Kier alpha value is -3.14. The highest BCUT2D eigenvalue weighted by Crippen LogP contribution is 2.21. The summed E-state index contributed by atoms with van der Waals surface area (Å²) in [6, 6.07) is 21.5. The largest absolute Gasteiger partial charge is 0.489 e. The molecule has 0 aliphatic heterocycles.